The lowest BCUT2D eigenvalue weighted by Gasteiger charge is -2.09. The van der Waals surface area contributed by atoms with Gasteiger partial charge >= 0.3 is 0 Å². The van der Waals surface area contributed by atoms with E-state index >= 15 is 0 Å². The second-order valence-electron chi connectivity index (χ2n) is 3.07. The van der Waals surface area contributed by atoms with Crippen molar-refractivity contribution >= 4 is 10.0 Å². The zero-order valence-electron chi connectivity index (χ0n) is 6.35. The molecule has 0 unspecified atom stereocenters. The normalized spacial score (nSPS) is 22.6. The van der Waals surface area contributed by atoms with E-state index in [0.29, 0.717) is 0 Å². The van der Waals surface area contributed by atoms with E-state index in [1.165, 1.54) is 0 Å². The van der Waals surface area contributed by atoms with E-state index < -0.39 is 10.0 Å². The van der Waals surface area contributed by atoms with E-state index in [2.05, 4.69) is 4.72 Å². The summed E-state index contributed by atoms with van der Waals surface area (Å²) in [5.74, 6) is 0.183. The largest absolute Gasteiger partial charge is 0.212 e. The molecule has 1 rings (SSSR count). The van der Waals surface area contributed by atoms with Gasteiger partial charge in [-0.15, -0.1) is 0 Å². The summed E-state index contributed by atoms with van der Waals surface area (Å²) in [5, 5.41) is 0. The fourth-order valence-electron chi connectivity index (χ4n) is 0.737. The zero-order valence-corrected chi connectivity index (χ0v) is 7.16. The van der Waals surface area contributed by atoms with Crippen molar-refractivity contribution in [2.24, 2.45) is 0 Å². The predicted octanol–water partition coefficient (Wildman–Crippen LogP) is 0.478. The van der Waals surface area contributed by atoms with Gasteiger partial charge in [0.2, 0.25) is 10.0 Å². The van der Waals surface area contributed by atoms with Gasteiger partial charge in [-0.25, -0.2) is 13.1 Å². The molecule has 1 aliphatic carbocycles. The Balaban J connectivity index is 2.53. The van der Waals surface area contributed by atoms with Crippen LogP contribution in [0.3, 0.4) is 0 Å². The van der Waals surface area contributed by atoms with E-state index in [1.807, 2.05) is 6.92 Å². The van der Waals surface area contributed by atoms with Crippen molar-refractivity contribution in [3.63, 3.8) is 0 Å². The van der Waals surface area contributed by atoms with Crippen LogP contribution in [0.2, 0.25) is 0 Å². The van der Waals surface area contributed by atoms with Gasteiger partial charge in [-0.1, -0.05) is 0 Å². The maximum atomic E-state index is 10.9. The van der Waals surface area contributed by atoms with E-state index in [9.17, 15) is 8.42 Å². The molecule has 3 nitrogen and oxygen atoms in total. The van der Waals surface area contributed by atoms with Crippen LogP contribution < -0.4 is 4.72 Å². The van der Waals surface area contributed by atoms with Crippen LogP contribution in [-0.4, -0.2) is 19.7 Å². The Bertz CT molecular complexity index is 216. The highest BCUT2D eigenvalue weighted by Gasteiger charge is 2.40. The van der Waals surface area contributed by atoms with E-state index in [4.69, 9.17) is 0 Å². The molecule has 60 valence electrons. The molecule has 4 heteroatoms. The van der Waals surface area contributed by atoms with Crippen LogP contribution in [0.15, 0.2) is 0 Å². The summed E-state index contributed by atoms with van der Waals surface area (Å²) >= 11 is 0. The van der Waals surface area contributed by atoms with Gasteiger partial charge in [0.15, 0.2) is 0 Å². The minimum Gasteiger partial charge on any atom is -0.212 e. The lowest BCUT2D eigenvalue weighted by Crippen LogP contribution is -2.35. The summed E-state index contributed by atoms with van der Waals surface area (Å²) in [6.45, 7) is 3.58. The molecule has 0 aromatic rings. The van der Waals surface area contributed by atoms with Crippen LogP contribution in [0.4, 0.5) is 0 Å². The van der Waals surface area contributed by atoms with Crippen LogP contribution in [0.25, 0.3) is 0 Å². The molecule has 0 aliphatic heterocycles. The average molecular weight is 163 g/mol. The molecular formula is C6H13NO2S. The van der Waals surface area contributed by atoms with Crippen LogP contribution in [-0.2, 0) is 10.0 Å². The smallest absolute Gasteiger partial charge is 0.211 e. The molecule has 0 aromatic heterocycles. The summed E-state index contributed by atoms with van der Waals surface area (Å²) < 4.78 is 24.5. The molecule has 1 saturated carbocycles. The molecule has 0 atom stereocenters. The van der Waals surface area contributed by atoms with Gasteiger partial charge in [-0.3, -0.25) is 0 Å². The molecule has 1 aliphatic rings. The van der Waals surface area contributed by atoms with Gasteiger partial charge in [-0.2, -0.15) is 0 Å². The monoisotopic (exact) mass is 163 g/mol. The molecule has 0 saturated heterocycles. The van der Waals surface area contributed by atoms with Crippen LogP contribution >= 0.6 is 0 Å². The van der Waals surface area contributed by atoms with E-state index in [-0.39, 0.29) is 11.3 Å². The van der Waals surface area contributed by atoms with Gasteiger partial charge in [0, 0.05) is 5.54 Å². The van der Waals surface area contributed by atoms with Crippen molar-refractivity contribution in [1.29, 1.82) is 0 Å². The Morgan fingerprint density at radius 3 is 2.30 bits per heavy atom. The summed E-state index contributed by atoms with van der Waals surface area (Å²) in [6.07, 6.45) is 1.96. The highest BCUT2D eigenvalue weighted by molar-refractivity contribution is 7.89. The van der Waals surface area contributed by atoms with Gasteiger partial charge in [0.25, 0.3) is 0 Å². The van der Waals surface area contributed by atoms with E-state index in [1.54, 1.807) is 6.92 Å². The topological polar surface area (TPSA) is 46.2 Å². The summed E-state index contributed by atoms with van der Waals surface area (Å²) in [4.78, 5) is 0. The number of hydrogen-bond acceptors (Lipinski definition) is 2. The summed E-state index contributed by atoms with van der Waals surface area (Å²) in [6, 6.07) is 0. The van der Waals surface area contributed by atoms with Crippen molar-refractivity contribution in [3.05, 3.63) is 0 Å². The first-order valence-electron chi connectivity index (χ1n) is 3.49. The second kappa shape index (κ2) is 2.20. The maximum absolute atomic E-state index is 10.9. The lowest BCUT2D eigenvalue weighted by atomic mass is 10.4. The van der Waals surface area contributed by atoms with Crippen LogP contribution in [0.5, 0.6) is 0 Å². The molecule has 0 amide bonds. The van der Waals surface area contributed by atoms with Crippen LogP contribution in [0.1, 0.15) is 26.7 Å². The Morgan fingerprint density at radius 1 is 1.50 bits per heavy atom. The fourth-order valence-corrected chi connectivity index (χ4v) is 1.84. The Labute approximate surface area is 61.9 Å². The molecule has 0 radical (unpaired) electrons. The molecule has 1 fully saturated rings. The molecular weight excluding hydrogens is 150 g/mol. The van der Waals surface area contributed by atoms with Crippen LogP contribution in [0, 0.1) is 0 Å². The van der Waals surface area contributed by atoms with Gasteiger partial charge in [0.1, 0.15) is 0 Å². The summed E-state index contributed by atoms with van der Waals surface area (Å²) in [5.41, 5.74) is -0.102. The number of sulfonamides is 1. The Hall–Kier alpha value is -0.0900. The average Bonchev–Trinajstić information content (AvgIpc) is 2.47. The zero-order chi connectivity index (χ0) is 7.83. The first-order chi connectivity index (χ1) is 4.47. The Morgan fingerprint density at radius 2 is 2.00 bits per heavy atom. The lowest BCUT2D eigenvalue weighted by molar-refractivity contribution is 0.559. The number of nitrogens with one attached hydrogen (secondary N) is 1. The molecule has 0 aromatic carbocycles. The first kappa shape index (κ1) is 8.01. The second-order valence-corrected chi connectivity index (χ2v) is 5.08. The van der Waals surface area contributed by atoms with Gasteiger partial charge in [0.05, 0.1) is 5.75 Å². The molecule has 10 heavy (non-hydrogen) atoms. The number of hydrogen-bond donors (Lipinski definition) is 1. The van der Waals surface area contributed by atoms with Crippen molar-refractivity contribution in [1.82, 2.24) is 4.72 Å². The molecule has 0 heterocycles. The first-order valence-corrected chi connectivity index (χ1v) is 5.14. The quantitative estimate of drug-likeness (QED) is 0.657. The van der Waals surface area contributed by atoms with Crippen molar-refractivity contribution in [2.75, 3.05) is 5.75 Å². The third kappa shape index (κ3) is 1.95. The maximum Gasteiger partial charge on any atom is 0.211 e. The molecule has 0 bridgehead atoms. The molecule has 1 N–H and O–H groups in total. The third-order valence-electron chi connectivity index (χ3n) is 1.78. The van der Waals surface area contributed by atoms with Crippen molar-refractivity contribution in [3.8, 4) is 0 Å². The highest BCUT2D eigenvalue weighted by atomic mass is 32.2. The van der Waals surface area contributed by atoms with Crippen molar-refractivity contribution in [2.45, 2.75) is 32.2 Å². The fraction of sp³-hybridized carbons (Fsp3) is 1.00. The van der Waals surface area contributed by atoms with Crippen molar-refractivity contribution < 1.29 is 8.42 Å². The van der Waals surface area contributed by atoms with Gasteiger partial charge < -0.3 is 0 Å². The Kier molecular flexibility index (Phi) is 1.76. The number of rotatable bonds is 3. The standard InChI is InChI=1S/C6H13NO2S/c1-3-10(8,9)7-6(2)4-5-6/h7H,3-5H2,1-2H3. The third-order valence-corrected chi connectivity index (χ3v) is 3.35. The SMILES string of the molecule is CCS(=O)(=O)NC1(C)CC1. The highest BCUT2D eigenvalue weighted by Crippen LogP contribution is 2.34. The predicted molar refractivity (Wildman–Crippen MR) is 40.2 cm³/mol. The van der Waals surface area contributed by atoms with E-state index in [0.717, 1.165) is 12.8 Å². The molecule has 0 spiro atoms. The summed E-state index contributed by atoms with van der Waals surface area (Å²) in [7, 11) is -2.96. The minimum atomic E-state index is -2.96. The minimum absolute atomic E-state index is 0.102. The van der Waals surface area contributed by atoms with Gasteiger partial charge in [-0.05, 0) is 26.7 Å².